The molecular weight excluding hydrogens is 685 g/mol. The van der Waals surface area contributed by atoms with Gasteiger partial charge >= 0.3 is 0 Å². The fourth-order valence-corrected chi connectivity index (χ4v) is 7.99. The fraction of sp³-hybridized carbons (Fsp3) is 0. The van der Waals surface area contributed by atoms with E-state index in [9.17, 15) is 0 Å². The van der Waals surface area contributed by atoms with Gasteiger partial charge in [0.25, 0.3) is 0 Å². The van der Waals surface area contributed by atoms with E-state index < -0.39 is 0 Å². The second kappa shape index (κ2) is 13.0. The van der Waals surface area contributed by atoms with E-state index in [1.54, 1.807) is 0 Å². The van der Waals surface area contributed by atoms with Crippen LogP contribution < -0.4 is 0 Å². The van der Waals surface area contributed by atoms with Crippen molar-refractivity contribution in [2.24, 2.45) is 0 Å². The fourth-order valence-electron chi connectivity index (χ4n) is 7.99. The van der Waals surface area contributed by atoms with E-state index in [0.717, 1.165) is 55.3 Å². The Morgan fingerprint density at radius 2 is 0.875 bits per heavy atom. The lowest BCUT2D eigenvalue weighted by atomic mass is 9.94. The van der Waals surface area contributed by atoms with Crippen LogP contribution in [-0.4, -0.2) is 19.5 Å². The summed E-state index contributed by atoms with van der Waals surface area (Å²) >= 11 is 0. The minimum atomic E-state index is 0.588. The molecule has 3 aromatic heterocycles. The number of hydrogen-bond donors (Lipinski definition) is 0. The molecule has 3 heterocycles. The summed E-state index contributed by atoms with van der Waals surface area (Å²) < 4.78 is 8.62. The summed E-state index contributed by atoms with van der Waals surface area (Å²) in [7, 11) is 0. The summed E-state index contributed by atoms with van der Waals surface area (Å²) in [4.78, 5) is 15.1. The first-order valence-electron chi connectivity index (χ1n) is 18.8. The van der Waals surface area contributed by atoms with Crippen LogP contribution in [0.2, 0.25) is 0 Å². The van der Waals surface area contributed by atoms with Crippen molar-refractivity contribution < 1.29 is 4.42 Å². The molecule has 262 valence electrons. The maximum absolute atomic E-state index is 6.25. The monoisotopic (exact) mass is 716 g/mol. The van der Waals surface area contributed by atoms with Crippen LogP contribution in [0.15, 0.2) is 199 Å². The van der Waals surface area contributed by atoms with E-state index in [0.29, 0.717) is 17.5 Å². The van der Waals surface area contributed by atoms with E-state index >= 15 is 0 Å². The molecule has 0 saturated carbocycles. The molecule has 56 heavy (non-hydrogen) atoms. The van der Waals surface area contributed by atoms with Crippen LogP contribution in [0.25, 0.3) is 106 Å². The molecule has 0 aliphatic carbocycles. The third-order valence-electron chi connectivity index (χ3n) is 10.7. The zero-order chi connectivity index (χ0) is 37.0. The maximum atomic E-state index is 6.25. The Bertz CT molecular complexity index is 3220. The van der Waals surface area contributed by atoms with Crippen LogP contribution in [0, 0.1) is 0 Å². The van der Waals surface area contributed by atoms with Crippen LogP contribution in [0.4, 0.5) is 0 Å². The lowest BCUT2D eigenvalue weighted by Gasteiger charge is -2.13. The lowest BCUT2D eigenvalue weighted by Crippen LogP contribution is -2.00. The van der Waals surface area contributed by atoms with E-state index in [4.69, 9.17) is 19.4 Å². The summed E-state index contributed by atoms with van der Waals surface area (Å²) in [5, 5.41) is 4.59. The summed E-state index contributed by atoms with van der Waals surface area (Å²) in [5.41, 5.74) is 12.4. The summed E-state index contributed by atoms with van der Waals surface area (Å²) in [6, 6.07) is 67.6. The zero-order valence-electron chi connectivity index (χ0n) is 30.2. The molecule has 0 aliphatic rings. The average Bonchev–Trinajstić information content (AvgIpc) is 3.82. The highest BCUT2D eigenvalue weighted by Crippen LogP contribution is 2.42. The smallest absolute Gasteiger partial charge is 0.164 e. The molecule has 8 aromatic carbocycles. The van der Waals surface area contributed by atoms with Crippen molar-refractivity contribution in [2.45, 2.75) is 0 Å². The largest absolute Gasteiger partial charge is 0.456 e. The first-order chi connectivity index (χ1) is 27.7. The third-order valence-corrected chi connectivity index (χ3v) is 10.7. The van der Waals surface area contributed by atoms with Gasteiger partial charge in [0.1, 0.15) is 11.2 Å². The third kappa shape index (κ3) is 5.37. The van der Waals surface area contributed by atoms with Crippen molar-refractivity contribution in [1.82, 2.24) is 19.5 Å². The quantitative estimate of drug-likeness (QED) is 0.172. The van der Waals surface area contributed by atoms with Crippen LogP contribution in [0.5, 0.6) is 0 Å². The highest BCUT2D eigenvalue weighted by molar-refractivity contribution is 6.17. The Hall–Kier alpha value is -7.63. The van der Waals surface area contributed by atoms with Crippen molar-refractivity contribution in [2.75, 3.05) is 0 Å². The first-order valence-corrected chi connectivity index (χ1v) is 18.8. The van der Waals surface area contributed by atoms with Crippen LogP contribution in [0.1, 0.15) is 0 Å². The average molecular weight is 717 g/mol. The van der Waals surface area contributed by atoms with E-state index in [1.165, 1.54) is 33.0 Å². The van der Waals surface area contributed by atoms with Gasteiger partial charge in [-0.25, -0.2) is 15.0 Å². The molecule has 0 atom stereocenters. The Morgan fingerprint density at radius 3 is 1.59 bits per heavy atom. The normalized spacial score (nSPS) is 11.6. The number of benzene rings is 8. The number of hydrogen-bond acceptors (Lipinski definition) is 4. The van der Waals surface area contributed by atoms with Gasteiger partial charge in [0.15, 0.2) is 17.5 Å². The van der Waals surface area contributed by atoms with Crippen molar-refractivity contribution in [1.29, 1.82) is 0 Å². The summed E-state index contributed by atoms with van der Waals surface area (Å²) in [6.45, 7) is 0. The second-order valence-corrected chi connectivity index (χ2v) is 14.0. The Morgan fingerprint density at radius 1 is 0.339 bits per heavy atom. The molecule has 11 aromatic rings. The molecule has 0 spiro atoms. The minimum Gasteiger partial charge on any atom is -0.456 e. The SMILES string of the molecule is c1ccc(-c2cc(-c3ccccc3)c3c4ccccc4n(-c4ccc(-c5nc(-c6ccccc6)nc(-c6ccc7c(c6)oc6ccccc67)n5)cc4)c3c2)cc1. The summed E-state index contributed by atoms with van der Waals surface area (Å²) in [6.07, 6.45) is 0. The Labute approximate surface area is 322 Å². The number of para-hydroxylation sites is 2. The van der Waals surface area contributed by atoms with E-state index in [2.05, 4.69) is 144 Å². The molecule has 0 radical (unpaired) electrons. The molecule has 5 nitrogen and oxygen atoms in total. The number of aromatic nitrogens is 4. The van der Waals surface area contributed by atoms with Crippen molar-refractivity contribution in [3.63, 3.8) is 0 Å². The number of nitrogens with zero attached hydrogens (tertiary/aromatic N) is 4. The maximum Gasteiger partial charge on any atom is 0.164 e. The highest BCUT2D eigenvalue weighted by atomic mass is 16.3. The topological polar surface area (TPSA) is 56.7 Å². The van der Waals surface area contributed by atoms with Gasteiger partial charge in [-0.3, -0.25) is 0 Å². The number of fused-ring (bicyclic) bond motifs is 6. The molecule has 11 rings (SSSR count). The van der Waals surface area contributed by atoms with Gasteiger partial charge in [-0.05, 0) is 82.9 Å². The predicted octanol–water partition coefficient (Wildman–Crippen LogP) is 13.2. The van der Waals surface area contributed by atoms with Gasteiger partial charge in [0, 0.05) is 43.9 Å². The molecule has 0 amide bonds. The highest BCUT2D eigenvalue weighted by Gasteiger charge is 2.19. The predicted molar refractivity (Wildman–Crippen MR) is 229 cm³/mol. The Kier molecular flexibility index (Phi) is 7.42. The van der Waals surface area contributed by atoms with Crippen molar-refractivity contribution in [3.8, 4) is 62.1 Å². The van der Waals surface area contributed by atoms with Gasteiger partial charge < -0.3 is 8.98 Å². The number of furan rings is 1. The molecule has 5 heteroatoms. The second-order valence-electron chi connectivity index (χ2n) is 14.0. The van der Waals surface area contributed by atoms with Gasteiger partial charge in [0.05, 0.1) is 11.0 Å². The molecule has 0 saturated heterocycles. The summed E-state index contributed by atoms with van der Waals surface area (Å²) in [5.74, 6) is 1.80. The van der Waals surface area contributed by atoms with Crippen LogP contribution in [0.3, 0.4) is 0 Å². The lowest BCUT2D eigenvalue weighted by molar-refractivity contribution is 0.669. The minimum absolute atomic E-state index is 0.588. The van der Waals surface area contributed by atoms with Gasteiger partial charge in [-0.15, -0.1) is 0 Å². The van der Waals surface area contributed by atoms with Gasteiger partial charge in [0.2, 0.25) is 0 Å². The molecule has 0 bridgehead atoms. The molecule has 0 N–H and O–H groups in total. The first kappa shape index (κ1) is 31.9. The molecule has 0 fully saturated rings. The molecule has 0 aliphatic heterocycles. The van der Waals surface area contributed by atoms with E-state index in [1.807, 2.05) is 54.6 Å². The zero-order valence-corrected chi connectivity index (χ0v) is 30.2. The van der Waals surface area contributed by atoms with Gasteiger partial charge in [-0.2, -0.15) is 0 Å². The Balaban J connectivity index is 1.07. The van der Waals surface area contributed by atoms with E-state index in [-0.39, 0.29) is 0 Å². The number of rotatable bonds is 6. The van der Waals surface area contributed by atoms with Gasteiger partial charge in [-0.1, -0.05) is 133 Å². The van der Waals surface area contributed by atoms with Crippen molar-refractivity contribution >= 4 is 43.7 Å². The van der Waals surface area contributed by atoms with Crippen LogP contribution in [-0.2, 0) is 0 Å². The van der Waals surface area contributed by atoms with Crippen molar-refractivity contribution in [3.05, 3.63) is 194 Å². The molecular formula is C51H32N4O. The van der Waals surface area contributed by atoms with Crippen LogP contribution >= 0.6 is 0 Å². The standard InChI is InChI=1S/C51H32N4O/c1-4-14-33(15-5-1)38-30-43(34-16-6-2-7-17-34)48-42-21-10-12-22-44(42)55(45(48)31-38)39-27-24-36(25-28-39)50-52-49(35-18-8-3-9-19-35)53-51(54-50)37-26-29-41-40-20-11-13-23-46(40)56-47(41)32-37/h1-32H. The molecule has 0 unspecified atom stereocenters.